The smallest absolute Gasteiger partial charge is 0.326 e. The van der Waals surface area contributed by atoms with E-state index in [1.807, 2.05) is 0 Å². The van der Waals surface area contributed by atoms with Gasteiger partial charge in [0.25, 0.3) is 0 Å². The second-order valence-electron chi connectivity index (χ2n) is 4.20. The van der Waals surface area contributed by atoms with Crippen LogP contribution in [-0.4, -0.2) is 49.0 Å². The van der Waals surface area contributed by atoms with E-state index in [1.54, 1.807) is 6.92 Å². The van der Waals surface area contributed by atoms with Gasteiger partial charge in [-0.15, -0.1) is 0 Å². The largest absolute Gasteiger partial charge is 0.481 e. The fourth-order valence-electron chi connectivity index (χ4n) is 1.39. The molecule has 0 aliphatic rings. The number of hydrogen-bond acceptors (Lipinski definition) is 6. The SMILES string of the molecule is C/C(=N\NC(=S)NC(CCC(=O)O)C(=O)O)c1cnccn1. The molecule has 0 aliphatic carbocycles. The Kier molecular flexibility index (Phi) is 6.83. The van der Waals surface area contributed by atoms with Crippen LogP contribution < -0.4 is 10.7 Å². The Labute approximate surface area is 131 Å². The van der Waals surface area contributed by atoms with Crippen LogP contribution in [0.1, 0.15) is 25.5 Å². The number of nitrogens with zero attached hydrogens (tertiary/aromatic N) is 3. The molecule has 118 valence electrons. The fourth-order valence-corrected chi connectivity index (χ4v) is 1.58. The summed E-state index contributed by atoms with van der Waals surface area (Å²) in [6.07, 6.45) is 4.17. The molecule has 1 aromatic rings. The maximum absolute atomic E-state index is 11.0. The molecule has 1 atom stereocenters. The number of nitrogens with one attached hydrogen (secondary N) is 2. The highest BCUT2D eigenvalue weighted by atomic mass is 32.1. The topological polar surface area (TPSA) is 137 Å². The van der Waals surface area contributed by atoms with Gasteiger partial charge in [0, 0.05) is 18.8 Å². The Morgan fingerprint density at radius 3 is 2.68 bits per heavy atom. The molecule has 4 N–H and O–H groups in total. The lowest BCUT2D eigenvalue weighted by Gasteiger charge is -2.15. The molecule has 0 saturated carbocycles. The lowest BCUT2D eigenvalue weighted by atomic mass is 10.1. The van der Waals surface area contributed by atoms with Gasteiger partial charge in [0.1, 0.15) is 11.7 Å². The van der Waals surface area contributed by atoms with Gasteiger partial charge in [-0.25, -0.2) is 4.79 Å². The van der Waals surface area contributed by atoms with Crippen LogP contribution in [0.15, 0.2) is 23.7 Å². The third-order valence-corrected chi connectivity index (χ3v) is 2.72. The van der Waals surface area contributed by atoms with Gasteiger partial charge in [-0.2, -0.15) is 5.10 Å². The van der Waals surface area contributed by atoms with E-state index in [-0.39, 0.29) is 18.0 Å². The average Bonchev–Trinajstić information content (AvgIpc) is 2.49. The molecule has 1 aromatic heterocycles. The summed E-state index contributed by atoms with van der Waals surface area (Å²) >= 11 is 4.92. The van der Waals surface area contributed by atoms with E-state index in [0.29, 0.717) is 11.4 Å². The molecular weight excluding hydrogens is 310 g/mol. The number of rotatable bonds is 7. The van der Waals surface area contributed by atoms with Crippen molar-refractivity contribution in [3.63, 3.8) is 0 Å². The quantitative estimate of drug-likeness (QED) is 0.310. The Balaban J connectivity index is 2.56. The minimum Gasteiger partial charge on any atom is -0.481 e. The minimum atomic E-state index is -1.19. The van der Waals surface area contributed by atoms with Gasteiger partial charge in [0.2, 0.25) is 0 Å². The number of carboxylic acids is 2. The Morgan fingerprint density at radius 1 is 1.41 bits per heavy atom. The summed E-state index contributed by atoms with van der Waals surface area (Å²) < 4.78 is 0. The number of thiocarbonyl (C=S) groups is 1. The van der Waals surface area contributed by atoms with Crippen LogP contribution in [0, 0.1) is 0 Å². The van der Waals surface area contributed by atoms with Gasteiger partial charge in [-0.05, 0) is 25.6 Å². The van der Waals surface area contributed by atoms with Gasteiger partial charge in [-0.3, -0.25) is 20.2 Å². The lowest BCUT2D eigenvalue weighted by Crippen LogP contribution is -2.44. The summed E-state index contributed by atoms with van der Waals surface area (Å²) in [6.45, 7) is 1.68. The molecule has 0 aromatic carbocycles. The summed E-state index contributed by atoms with van der Waals surface area (Å²) in [5, 5.41) is 24.0. The Hall–Kier alpha value is -2.62. The number of carboxylic acid groups (broad SMARTS) is 2. The first kappa shape index (κ1) is 17.4. The molecule has 10 heteroatoms. The van der Waals surface area contributed by atoms with Gasteiger partial charge >= 0.3 is 11.9 Å². The first-order valence-electron chi connectivity index (χ1n) is 6.22. The van der Waals surface area contributed by atoms with Crippen molar-refractivity contribution in [2.45, 2.75) is 25.8 Å². The van der Waals surface area contributed by atoms with Gasteiger partial charge in [-0.1, -0.05) is 0 Å². The van der Waals surface area contributed by atoms with Crippen LogP contribution >= 0.6 is 12.2 Å². The number of carbonyl (C=O) groups is 2. The fraction of sp³-hybridized carbons (Fsp3) is 0.333. The summed E-state index contributed by atoms with van der Waals surface area (Å²) in [5.41, 5.74) is 3.53. The molecule has 1 heterocycles. The van der Waals surface area contributed by atoms with E-state index >= 15 is 0 Å². The van der Waals surface area contributed by atoms with E-state index in [1.165, 1.54) is 18.6 Å². The van der Waals surface area contributed by atoms with Crippen LogP contribution in [-0.2, 0) is 9.59 Å². The third kappa shape index (κ3) is 6.22. The zero-order chi connectivity index (χ0) is 16.5. The van der Waals surface area contributed by atoms with E-state index in [9.17, 15) is 9.59 Å². The predicted molar refractivity (Wildman–Crippen MR) is 81.4 cm³/mol. The summed E-state index contributed by atoms with van der Waals surface area (Å²) in [7, 11) is 0. The van der Waals surface area contributed by atoms with Crippen LogP contribution in [0.5, 0.6) is 0 Å². The van der Waals surface area contributed by atoms with Crippen molar-refractivity contribution in [3.8, 4) is 0 Å². The molecular formula is C12H15N5O4S. The Morgan fingerprint density at radius 2 is 2.14 bits per heavy atom. The zero-order valence-corrected chi connectivity index (χ0v) is 12.5. The van der Waals surface area contributed by atoms with Gasteiger partial charge < -0.3 is 15.5 Å². The molecule has 0 bridgehead atoms. The van der Waals surface area contributed by atoms with E-state index in [4.69, 9.17) is 22.4 Å². The van der Waals surface area contributed by atoms with Crippen molar-refractivity contribution in [2.24, 2.45) is 5.10 Å². The highest BCUT2D eigenvalue weighted by molar-refractivity contribution is 7.80. The molecule has 0 aliphatic heterocycles. The molecule has 0 saturated heterocycles. The molecule has 9 nitrogen and oxygen atoms in total. The summed E-state index contributed by atoms with van der Waals surface area (Å²) in [4.78, 5) is 29.4. The molecule has 0 spiro atoms. The normalized spacial score (nSPS) is 12.3. The minimum absolute atomic E-state index is 0.0268. The zero-order valence-electron chi connectivity index (χ0n) is 11.7. The molecule has 22 heavy (non-hydrogen) atoms. The predicted octanol–water partition coefficient (Wildman–Crippen LogP) is -0.0173. The highest BCUT2D eigenvalue weighted by Crippen LogP contribution is 1.98. The summed E-state index contributed by atoms with van der Waals surface area (Å²) in [5.74, 6) is -2.27. The van der Waals surface area contributed by atoms with Gasteiger partial charge in [0.15, 0.2) is 5.11 Å². The van der Waals surface area contributed by atoms with Crippen molar-refractivity contribution in [1.29, 1.82) is 0 Å². The molecule has 0 radical (unpaired) electrons. The van der Waals surface area contributed by atoms with E-state index in [2.05, 4.69) is 25.8 Å². The van der Waals surface area contributed by atoms with E-state index in [0.717, 1.165) is 0 Å². The van der Waals surface area contributed by atoms with Crippen LogP contribution in [0.2, 0.25) is 0 Å². The van der Waals surface area contributed by atoms with E-state index < -0.39 is 18.0 Å². The Bertz CT molecular complexity index is 578. The van der Waals surface area contributed by atoms with Crippen LogP contribution in [0.25, 0.3) is 0 Å². The highest BCUT2D eigenvalue weighted by Gasteiger charge is 2.19. The number of aliphatic carboxylic acids is 2. The standard InChI is InChI=1S/C12H15N5O4S/c1-7(9-6-13-4-5-14-9)16-17-12(22)15-8(11(20)21)2-3-10(18)19/h4-6,8H,2-3H2,1H3,(H,18,19)(H,20,21)(H2,15,17,22)/b16-7+. The summed E-state index contributed by atoms with van der Waals surface area (Å²) in [6, 6.07) is -1.11. The van der Waals surface area contributed by atoms with Gasteiger partial charge in [0.05, 0.1) is 11.9 Å². The second-order valence-corrected chi connectivity index (χ2v) is 4.60. The monoisotopic (exact) mass is 325 g/mol. The molecule has 1 unspecified atom stereocenters. The molecule has 1 rings (SSSR count). The second kappa shape index (κ2) is 8.62. The molecule has 0 amide bonds. The average molecular weight is 325 g/mol. The van der Waals surface area contributed by atoms with Crippen LogP contribution in [0.3, 0.4) is 0 Å². The lowest BCUT2D eigenvalue weighted by molar-refractivity contribution is -0.140. The maximum atomic E-state index is 11.0. The first-order valence-corrected chi connectivity index (χ1v) is 6.62. The van der Waals surface area contributed by atoms with Crippen molar-refractivity contribution in [1.82, 2.24) is 20.7 Å². The molecule has 0 fully saturated rings. The van der Waals surface area contributed by atoms with Crippen molar-refractivity contribution < 1.29 is 19.8 Å². The first-order chi connectivity index (χ1) is 10.4. The van der Waals surface area contributed by atoms with Crippen molar-refractivity contribution >= 4 is 35.0 Å². The van der Waals surface area contributed by atoms with Crippen molar-refractivity contribution in [2.75, 3.05) is 0 Å². The maximum Gasteiger partial charge on any atom is 0.326 e. The third-order valence-electron chi connectivity index (χ3n) is 2.51. The number of hydrogen-bond donors (Lipinski definition) is 4. The number of aromatic nitrogens is 2. The number of hydrazone groups is 1. The van der Waals surface area contributed by atoms with Crippen LogP contribution in [0.4, 0.5) is 0 Å². The van der Waals surface area contributed by atoms with Crippen molar-refractivity contribution in [3.05, 3.63) is 24.3 Å².